The van der Waals surface area contributed by atoms with Crippen LogP contribution in [-0.4, -0.2) is 46.1 Å². The number of ether oxygens (including phenoxy) is 5. The van der Waals surface area contributed by atoms with Crippen molar-refractivity contribution in [3.63, 3.8) is 0 Å². The number of carbonyl (C=O) groups is 1. The van der Waals surface area contributed by atoms with Crippen LogP contribution >= 0.6 is 0 Å². The Bertz CT molecular complexity index is 798. The first-order valence-electron chi connectivity index (χ1n) is 9.90. The second-order valence-corrected chi connectivity index (χ2v) is 6.80. The number of methoxy groups -OCH3 is 2. The Labute approximate surface area is 171 Å². The number of Topliss-reactive ketones (excluding diaryl/α,β-unsaturated/α-hetero) is 1. The maximum Gasteiger partial charge on any atom is 0.163 e. The fraction of sp³-hybridized carbons (Fsp3) is 0.435. The van der Waals surface area contributed by atoms with Gasteiger partial charge in [0, 0.05) is 18.4 Å². The van der Waals surface area contributed by atoms with Crippen LogP contribution in [0.3, 0.4) is 0 Å². The normalized spacial score (nSPS) is 14.4. The summed E-state index contributed by atoms with van der Waals surface area (Å²) in [7, 11) is 3.20. The lowest BCUT2D eigenvalue weighted by Gasteiger charge is -2.23. The molecule has 0 bridgehead atoms. The molecule has 0 aromatic heterocycles. The fourth-order valence-electron chi connectivity index (χ4n) is 3.17. The molecular weight excluding hydrogens is 372 g/mol. The van der Waals surface area contributed by atoms with Gasteiger partial charge in [-0.2, -0.15) is 0 Å². The molecule has 1 saturated heterocycles. The third-order valence-electron chi connectivity index (χ3n) is 4.76. The summed E-state index contributed by atoms with van der Waals surface area (Å²) in [6, 6.07) is 13.0. The largest absolute Gasteiger partial charge is 0.493 e. The van der Waals surface area contributed by atoms with Gasteiger partial charge in [0.15, 0.2) is 23.6 Å². The minimum absolute atomic E-state index is 0.0733. The molecule has 0 atom stereocenters. The Morgan fingerprint density at radius 2 is 1.83 bits per heavy atom. The van der Waals surface area contributed by atoms with Crippen LogP contribution < -0.4 is 14.2 Å². The Hall–Kier alpha value is -2.57. The van der Waals surface area contributed by atoms with Gasteiger partial charge in [-0.3, -0.25) is 4.79 Å². The highest BCUT2D eigenvalue weighted by Gasteiger charge is 2.14. The zero-order valence-corrected chi connectivity index (χ0v) is 17.0. The molecule has 1 heterocycles. The number of rotatable bonds is 10. The van der Waals surface area contributed by atoms with Crippen molar-refractivity contribution in [2.75, 3.05) is 34.0 Å². The molecule has 0 N–H and O–H groups in total. The Morgan fingerprint density at radius 1 is 1.03 bits per heavy atom. The predicted molar refractivity (Wildman–Crippen MR) is 109 cm³/mol. The van der Waals surface area contributed by atoms with Crippen LogP contribution in [0.2, 0.25) is 0 Å². The molecule has 156 valence electrons. The molecule has 0 aliphatic carbocycles. The third kappa shape index (κ3) is 6.21. The van der Waals surface area contributed by atoms with Gasteiger partial charge in [-0.15, -0.1) is 0 Å². The monoisotopic (exact) mass is 400 g/mol. The van der Waals surface area contributed by atoms with E-state index in [9.17, 15) is 4.79 Å². The van der Waals surface area contributed by atoms with Crippen molar-refractivity contribution in [2.45, 2.75) is 32.0 Å². The summed E-state index contributed by atoms with van der Waals surface area (Å²) in [5.74, 6) is 2.09. The van der Waals surface area contributed by atoms with E-state index in [0.29, 0.717) is 48.7 Å². The Kier molecular flexibility index (Phi) is 7.90. The first-order chi connectivity index (χ1) is 14.2. The lowest BCUT2D eigenvalue weighted by atomic mass is 10.0. The second kappa shape index (κ2) is 10.8. The number of carbonyl (C=O) groups excluding carboxylic acids is 1. The zero-order valence-electron chi connectivity index (χ0n) is 17.0. The van der Waals surface area contributed by atoms with E-state index < -0.39 is 0 Å². The topological polar surface area (TPSA) is 63.2 Å². The Morgan fingerprint density at radius 3 is 2.59 bits per heavy atom. The van der Waals surface area contributed by atoms with E-state index in [1.165, 1.54) is 0 Å². The van der Waals surface area contributed by atoms with Gasteiger partial charge in [0.25, 0.3) is 0 Å². The summed E-state index contributed by atoms with van der Waals surface area (Å²) in [5.41, 5.74) is 1.67. The molecule has 1 aliphatic heterocycles. The SMILES string of the molecule is COc1ccc(CCC(=O)c2cccc(OCCC3OCCCO3)c2)cc1OC. The predicted octanol–water partition coefficient (Wildman–Crippen LogP) is 4.05. The number of hydrogen-bond acceptors (Lipinski definition) is 6. The van der Waals surface area contributed by atoms with Gasteiger partial charge in [0.1, 0.15) is 5.75 Å². The molecule has 0 spiro atoms. The minimum Gasteiger partial charge on any atom is -0.493 e. The van der Waals surface area contributed by atoms with Crippen LogP contribution in [-0.2, 0) is 15.9 Å². The average molecular weight is 400 g/mol. The summed E-state index contributed by atoms with van der Waals surface area (Å²) < 4.78 is 27.4. The van der Waals surface area contributed by atoms with Crippen molar-refractivity contribution in [2.24, 2.45) is 0 Å². The molecule has 6 heteroatoms. The molecule has 2 aromatic rings. The van der Waals surface area contributed by atoms with E-state index in [2.05, 4.69) is 0 Å². The maximum atomic E-state index is 12.6. The first kappa shape index (κ1) is 21.1. The van der Waals surface area contributed by atoms with Gasteiger partial charge in [-0.25, -0.2) is 0 Å². The quantitative estimate of drug-likeness (QED) is 0.561. The first-order valence-corrected chi connectivity index (χ1v) is 9.90. The molecule has 29 heavy (non-hydrogen) atoms. The van der Waals surface area contributed by atoms with E-state index in [1.807, 2.05) is 36.4 Å². The van der Waals surface area contributed by atoms with Gasteiger partial charge in [0.05, 0.1) is 34.0 Å². The van der Waals surface area contributed by atoms with Crippen molar-refractivity contribution in [3.8, 4) is 17.2 Å². The van der Waals surface area contributed by atoms with E-state index >= 15 is 0 Å². The standard InChI is InChI=1S/C23H28O6/c1-25-21-10-8-17(15-22(21)26-2)7-9-20(24)18-5-3-6-19(16-18)27-14-11-23-28-12-4-13-29-23/h3,5-6,8,10,15-16,23H,4,7,9,11-14H2,1-2H3. The van der Waals surface area contributed by atoms with Gasteiger partial charge in [0.2, 0.25) is 0 Å². The van der Waals surface area contributed by atoms with Crippen molar-refractivity contribution in [1.82, 2.24) is 0 Å². The summed E-state index contributed by atoms with van der Waals surface area (Å²) in [6.07, 6.45) is 2.43. The molecule has 2 aromatic carbocycles. The fourth-order valence-corrected chi connectivity index (χ4v) is 3.17. The van der Waals surface area contributed by atoms with Crippen molar-refractivity contribution >= 4 is 5.78 Å². The smallest absolute Gasteiger partial charge is 0.163 e. The molecular formula is C23H28O6. The zero-order chi connectivity index (χ0) is 20.5. The summed E-state index contributed by atoms with van der Waals surface area (Å²) in [4.78, 5) is 12.6. The van der Waals surface area contributed by atoms with Crippen LogP contribution in [0.25, 0.3) is 0 Å². The molecule has 3 rings (SSSR count). The number of hydrogen-bond donors (Lipinski definition) is 0. The van der Waals surface area contributed by atoms with Gasteiger partial charge >= 0.3 is 0 Å². The van der Waals surface area contributed by atoms with Crippen molar-refractivity contribution in [1.29, 1.82) is 0 Å². The van der Waals surface area contributed by atoms with E-state index in [0.717, 1.165) is 25.2 Å². The number of ketones is 1. The van der Waals surface area contributed by atoms with Gasteiger partial charge in [-0.1, -0.05) is 18.2 Å². The maximum absolute atomic E-state index is 12.6. The highest BCUT2D eigenvalue weighted by Crippen LogP contribution is 2.28. The summed E-state index contributed by atoms with van der Waals surface area (Å²) in [5, 5.41) is 0. The summed E-state index contributed by atoms with van der Waals surface area (Å²) >= 11 is 0. The second-order valence-electron chi connectivity index (χ2n) is 6.80. The number of aryl methyl sites for hydroxylation is 1. The van der Waals surface area contributed by atoms with Crippen LogP contribution in [0.5, 0.6) is 17.2 Å². The van der Waals surface area contributed by atoms with E-state index in [1.54, 1.807) is 20.3 Å². The highest BCUT2D eigenvalue weighted by molar-refractivity contribution is 5.96. The van der Waals surface area contributed by atoms with Crippen LogP contribution in [0.15, 0.2) is 42.5 Å². The minimum atomic E-state index is -0.199. The Balaban J connectivity index is 1.51. The van der Waals surface area contributed by atoms with Crippen LogP contribution in [0.4, 0.5) is 0 Å². The summed E-state index contributed by atoms with van der Waals surface area (Å²) in [6.45, 7) is 1.94. The highest BCUT2D eigenvalue weighted by atomic mass is 16.7. The third-order valence-corrected chi connectivity index (χ3v) is 4.76. The van der Waals surface area contributed by atoms with E-state index in [4.69, 9.17) is 23.7 Å². The molecule has 1 aliphatic rings. The molecule has 1 fully saturated rings. The molecule has 0 radical (unpaired) electrons. The lowest BCUT2D eigenvalue weighted by Crippen LogP contribution is -2.26. The molecule has 0 unspecified atom stereocenters. The number of benzene rings is 2. The van der Waals surface area contributed by atoms with E-state index in [-0.39, 0.29) is 12.1 Å². The van der Waals surface area contributed by atoms with Gasteiger partial charge < -0.3 is 23.7 Å². The van der Waals surface area contributed by atoms with Crippen LogP contribution in [0, 0.1) is 0 Å². The molecule has 6 nitrogen and oxygen atoms in total. The molecule has 0 amide bonds. The molecule has 0 saturated carbocycles. The van der Waals surface area contributed by atoms with Crippen LogP contribution in [0.1, 0.15) is 35.2 Å². The average Bonchev–Trinajstić information content (AvgIpc) is 2.78. The van der Waals surface area contributed by atoms with Gasteiger partial charge in [-0.05, 0) is 42.7 Å². The lowest BCUT2D eigenvalue weighted by molar-refractivity contribution is -0.183. The van der Waals surface area contributed by atoms with Crippen molar-refractivity contribution in [3.05, 3.63) is 53.6 Å². The van der Waals surface area contributed by atoms with Crippen molar-refractivity contribution < 1.29 is 28.5 Å².